The predicted molar refractivity (Wildman–Crippen MR) is 62.7 cm³/mol. The van der Waals surface area contributed by atoms with Crippen LogP contribution in [0.3, 0.4) is 0 Å². The Labute approximate surface area is 102 Å². The molecule has 2 heterocycles. The van der Waals surface area contributed by atoms with Crippen LogP contribution in [0.1, 0.15) is 0 Å². The topological polar surface area (TPSA) is 65.0 Å². The molecule has 2 aliphatic rings. The third kappa shape index (κ3) is 3.38. The van der Waals surface area contributed by atoms with Crippen LogP contribution in [-0.2, 0) is 9.53 Å². The zero-order chi connectivity index (χ0) is 12.1. The van der Waals surface area contributed by atoms with Crippen LogP contribution in [0.2, 0.25) is 0 Å². The summed E-state index contributed by atoms with van der Waals surface area (Å²) in [6.45, 7) is 5.97. The van der Waals surface area contributed by atoms with E-state index < -0.39 is 0 Å². The van der Waals surface area contributed by atoms with Crippen LogP contribution in [-0.4, -0.2) is 85.9 Å². The second kappa shape index (κ2) is 6.30. The number of morpholine rings is 1. The Morgan fingerprint density at radius 1 is 1.35 bits per heavy atom. The molecule has 0 spiro atoms. The van der Waals surface area contributed by atoms with E-state index in [1.807, 2.05) is 4.90 Å². The van der Waals surface area contributed by atoms with Gasteiger partial charge in [0.1, 0.15) is 6.10 Å². The number of hydrogen-bond acceptors (Lipinski definition) is 5. The quantitative estimate of drug-likeness (QED) is 0.607. The third-order valence-electron chi connectivity index (χ3n) is 3.27. The van der Waals surface area contributed by atoms with E-state index in [0.717, 1.165) is 32.7 Å². The summed E-state index contributed by atoms with van der Waals surface area (Å²) in [7, 11) is 0. The van der Waals surface area contributed by atoms with E-state index in [-0.39, 0.29) is 18.6 Å². The molecule has 2 rings (SSSR count). The highest BCUT2D eigenvalue weighted by Crippen LogP contribution is 2.09. The average molecular weight is 243 g/mol. The molecule has 0 saturated carbocycles. The second-order valence-electron chi connectivity index (χ2n) is 4.46. The highest BCUT2D eigenvalue weighted by atomic mass is 16.5. The number of aliphatic hydroxyl groups is 1. The number of nitrogens with one attached hydrogen (secondary N) is 1. The van der Waals surface area contributed by atoms with Gasteiger partial charge < -0.3 is 20.1 Å². The van der Waals surface area contributed by atoms with Gasteiger partial charge in [0.25, 0.3) is 5.91 Å². The molecule has 2 saturated heterocycles. The van der Waals surface area contributed by atoms with E-state index in [1.54, 1.807) is 0 Å². The number of piperazine rings is 1. The Bertz CT molecular complexity index is 254. The van der Waals surface area contributed by atoms with Crippen molar-refractivity contribution in [3.05, 3.63) is 0 Å². The molecule has 0 aliphatic carbocycles. The van der Waals surface area contributed by atoms with E-state index in [4.69, 9.17) is 9.84 Å². The van der Waals surface area contributed by atoms with Crippen molar-refractivity contribution in [2.75, 3.05) is 59.0 Å². The molecule has 6 nitrogen and oxygen atoms in total. The van der Waals surface area contributed by atoms with Gasteiger partial charge in [-0.3, -0.25) is 9.69 Å². The van der Waals surface area contributed by atoms with Gasteiger partial charge in [0.05, 0.1) is 13.2 Å². The maximum Gasteiger partial charge on any atom is 0.253 e. The van der Waals surface area contributed by atoms with E-state index >= 15 is 0 Å². The van der Waals surface area contributed by atoms with E-state index in [1.165, 1.54) is 0 Å². The van der Waals surface area contributed by atoms with Gasteiger partial charge in [0.2, 0.25) is 0 Å². The molecule has 2 N–H and O–H groups in total. The van der Waals surface area contributed by atoms with Gasteiger partial charge >= 0.3 is 0 Å². The third-order valence-corrected chi connectivity index (χ3v) is 3.27. The number of carbonyl (C=O) groups is 1. The molecular formula is C11H21N3O3. The minimum Gasteiger partial charge on any atom is -0.395 e. The lowest BCUT2D eigenvalue weighted by Crippen LogP contribution is -2.55. The summed E-state index contributed by atoms with van der Waals surface area (Å²) in [5, 5.41) is 12.1. The van der Waals surface area contributed by atoms with Crippen molar-refractivity contribution in [2.24, 2.45) is 0 Å². The zero-order valence-corrected chi connectivity index (χ0v) is 10.1. The Morgan fingerprint density at radius 3 is 2.82 bits per heavy atom. The summed E-state index contributed by atoms with van der Waals surface area (Å²) in [4.78, 5) is 16.1. The van der Waals surface area contributed by atoms with Gasteiger partial charge in [0, 0.05) is 45.8 Å². The predicted octanol–water partition coefficient (Wildman–Crippen LogP) is -1.89. The Morgan fingerprint density at radius 2 is 2.12 bits per heavy atom. The van der Waals surface area contributed by atoms with E-state index in [2.05, 4.69) is 10.2 Å². The normalized spacial score (nSPS) is 27.1. The average Bonchev–Trinajstić information content (AvgIpc) is 2.40. The summed E-state index contributed by atoms with van der Waals surface area (Å²) in [5.74, 6) is 0.0918. The highest BCUT2D eigenvalue weighted by molar-refractivity contribution is 5.81. The molecule has 1 amide bonds. The Hall–Kier alpha value is -0.690. The van der Waals surface area contributed by atoms with Crippen molar-refractivity contribution in [1.82, 2.24) is 15.1 Å². The standard InChI is InChI=1S/C11H21N3O3/c15-7-5-13-6-8-17-10(9-13)11(16)14-3-1-12-2-4-14/h10,12,15H,1-9H2. The van der Waals surface area contributed by atoms with Crippen LogP contribution in [0, 0.1) is 0 Å². The molecule has 17 heavy (non-hydrogen) atoms. The lowest BCUT2D eigenvalue weighted by molar-refractivity contribution is -0.150. The largest absolute Gasteiger partial charge is 0.395 e. The fraction of sp³-hybridized carbons (Fsp3) is 0.909. The summed E-state index contributed by atoms with van der Waals surface area (Å²) < 4.78 is 5.53. The fourth-order valence-corrected chi connectivity index (χ4v) is 2.29. The molecule has 2 aliphatic heterocycles. The number of rotatable bonds is 3. The molecule has 98 valence electrons. The molecule has 0 aromatic carbocycles. The van der Waals surface area contributed by atoms with Gasteiger partial charge in [0.15, 0.2) is 0 Å². The monoisotopic (exact) mass is 243 g/mol. The van der Waals surface area contributed by atoms with Crippen LogP contribution in [0.15, 0.2) is 0 Å². The molecule has 2 fully saturated rings. The smallest absolute Gasteiger partial charge is 0.253 e. The molecule has 0 radical (unpaired) electrons. The molecule has 1 unspecified atom stereocenters. The zero-order valence-electron chi connectivity index (χ0n) is 10.1. The van der Waals surface area contributed by atoms with E-state index in [0.29, 0.717) is 19.7 Å². The van der Waals surface area contributed by atoms with Gasteiger partial charge in [-0.05, 0) is 0 Å². The molecule has 0 aromatic rings. The number of hydrogen-bond donors (Lipinski definition) is 2. The number of amides is 1. The van der Waals surface area contributed by atoms with Crippen molar-refractivity contribution >= 4 is 5.91 Å². The number of nitrogens with zero attached hydrogens (tertiary/aromatic N) is 2. The first-order valence-corrected chi connectivity index (χ1v) is 6.25. The Kier molecular flexibility index (Phi) is 4.73. The van der Waals surface area contributed by atoms with Crippen LogP contribution in [0.25, 0.3) is 0 Å². The van der Waals surface area contributed by atoms with Gasteiger partial charge in [-0.2, -0.15) is 0 Å². The van der Waals surface area contributed by atoms with E-state index in [9.17, 15) is 4.79 Å². The maximum absolute atomic E-state index is 12.2. The van der Waals surface area contributed by atoms with Crippen molar-refractivity contribution in [2.45, 2.75) is 6.10 Å². The first kappa shape index (κ1) is 12.8. The summed E-state index contributed by atoms with van der Waals surface area (Å²) in [6, 6.07) is 0. The Balaban J connectivity index is 1.85. The maximum atomic E-state index is 12.2. The lowest BCUT2D eigenvalue weighted by Gasteiger charge is -2.36. The molecule has 1 atom stereocenters. The molecule has 0 bridgehead atoms. The minimum atomic E-state index is -0.353. The van der Waals surface area contributed by atoms with Crippen LogP contribution < -0.4 is 5.32 Å². The van der Waals surface area contributed by atoms with Crippen LogP contribution in [0.4, 0.5) is 0 Å². The number of β-amino-alcohol motifs (C(OH)–C–C–N with tert-alkyl or cyclic N) is 1. The summed E-state index contributed by atoms with van der Waals surface area (Å²) in [5.41, 5.74) is 0. The minimum absolute atomic E-state index is 0.0918. The fourth-order valence-electron chi connectivity index (χ4n) is 2.29. The van der Waals surface area contributed by atoms with Crippen molar-refractivity contribution < 1.29 is 14.6 Å². The van der Waals surface area contributed by atoms with Gasteiger partial charge in [-0.1, -0.05) is 0 Å². The number of aliphatic hydroxyl groups excluding tert-OH is 1. The first-order valence-electron chi connectivity index (χ1n) is 6.25. The van der Waals surface area contributed by atoms with Crippen molar-refractivity contribution in [3.8, 4) is 0 Å². The lowest BCUT2D eigenvalue weighted by atomic mass is 10.2. The molecule has 0 aromatic heterocycles. The highest BCUT2D eigenvalue weighted by Gasteiger charge is 2.30. The molecule has 6 heteroatoms. The van der Waals surface area contributed by atoms with Gasteiger partial charge in [-0.15, -0.1) is 0 Å². The van der Waals surface area contributed by atoms with Gasteiger partial charge in [-0.25, -0.2) is 0 Å². The first-order chi connectivity index (χ1) is 8.31. The SMILES string of the molecule is O=C(C1CN(CCO)CCO1)N1CCNCC1. The molecular weight excluding hydrogens is 222 g/mol. The van der Waals surface area contributed by atoms with Crippen molar-refractivity contribution in [3.63, 3.8) is 0 Å². The summed E-state index contributed by atoms with van der Waals surface area (Å²) >= 11 is 0. The number of carbonyl (C=O) groups excluding carboxylic acids is 1. The van der Waals surface area contributed by atoms with Crippen LogP contribution >= 0.6 is 0 Å². The summed E-state index contributed by atoms with van der Waals surface area (Å²) in [6.07, 6.45) is -0.353. The second-order valence-corrected chi connectivity index (χ2v) is 4.46. The van der Waals surface area contributed by atoms with Crippen LogP contribution in [0.5, 0.6) is 0 Å². The number of ether oxygens (including phenoxy) is 1. The van der Waals surface area contributed by atoms with Crippen molar-refractivity contribution in [1.29, 1.82) is 0 Å².